The number of nitrogens with two attached hydrogens (primary N) is 1. The summed E-state index contributed by atoms with van der Waals surface area (Å²) in [5.41, 5.74) is 6.13. The summed E-state index contributed by atoms with van der Waals surface area (Å²) in [6, 6.07) is 4.09. The Bertz CT molecular complexity index is 571. The number of ether oxygens (including phenoxy) is 1. The third-order valence-corrected chi connectivity index (χ3v) is 2.82. The Kier molecular flexibility index (Phi) is 5.78. The maximum absolute atomic E-state index is 11.8. The molecule has 0 saturated heterocycles. The number of rotatable bonds is 7. The van der Waals surface area contributed by atoms with Gasteiger partial charge in [-0.05, 0) is 18.6 Å². The van der Waals surface area contributed by atoms with Gasteiger partial charge in [0.2, 0.25) is 0 Å². The van der Waals surface area contributed by atoms with E-state index in [1.165, 1.54) is 18.2 Å². The Morgan fingerprint density at radius 3 is 2.65 bits per heavy atom. The lowest BCUT2D eigenvalue weighted by atomic mass is 10.1. The second kappa shape index (κ2) is 7.11. The van der Waals surface area contributed by atoms with Crippen molar-refractivity contribution in [1.29, 1.82) is 0 Å². The molecule has 0 aliphatic heterocycles. The monoisotopic (exact) mass is 302 g/mol. The number of hydrogen-bond acceptors (Lipinski definition) is 6. The number of carbonyl (C=O) groups excluding carboxylic acids is 1. The van der Waals surface area contributed by atoms with Gasteiger partial charge in [0.05, 0.1) is 11.8 Å². The van der Waals surface area contributed by atoms with Gasteiger partial charge in [-0.1, -0.05) is 0 Å². The molecule has 112 valence electrons. The van der Waals surface area contributed by atoms with Crippen LogP contribution in [0.3, 0.4) is 0 Å². The predicted molar refractivity (Wildman–Crippen MR) is 75.2 cm³/mol. The first-order chi connectivity index (χ1) is 9.33. The first-order valence-corrected chi connectivity index (χ1v) is 7.71. The number of methoxy groups -OCH3 is 1. The van der Waals surface area contributed by atoms with Gasteiger partial charge in [-0.3, -0.25) is 4.79 Å². The van der Waals surface area contributed by atoms with Crippen molar-refractivity contribution in [3.63, 3.8) is 0 Å². The molecule has 0 spiro atoms. The summed E-state index contributed by atoms with van der Waals surface area (Å²) in [4.78, 5) is 11.8. The van der Waals surface area contributed by atoms with Gasteiger partial charge in [-0.15, -0.1) is 0 Å². The second-order valence-corrected chi connectivity index (χ2v) is 5.71. The molecule has 0 aliphatic carbocycles. The Labute approximate surface area is 118 Å². The van der Waals surface area contributed by atoms with Crippen LogP contribution >= 0.6 is 0 Å². The Morgan fingerprint density at radius 2 is 2.10 bits per heavy atom. The van der Waals surface area contributed by atoms with Gasteiger partial charge in [-0.25, -0.2) is 0 Å². The maximum atomic E-state index is 11.8. The van der Waals surface area contributed by atoms with E-state index in [4.69, 9.17) is 10.5 Å². The molecule has 1 amide bonds. The molecular weight excluding hydrogens is 284 g/mol. The normalized spacial score (nSPS) is 11.1. The van der Waals surface area contributed by atoms with Crippen LogP contribution in [0.1, 0.15) is 16.8 Å². The van der Waals surface area contributed by atoms with E-state index in [2.05, 4.69) is 9.50 Å². The van der Waals surface area contributed by atoms with E-state index in [9.17, 15) is 13.2 Å². The van der Waals surface area contributed by atoms with Gasteiger partial charge in [0.1, 0.15) is 5.75 Å². The largest absolute Gasteiger partial charge is 0.398 e. The van der Waals surface area contributed by atoms with Crippen LogP contribution in [0.2, 0.25) is 0 Å². The average Bonchev–Trinajstić information content (AvgIpc) is 2.32. The lowest BCUT2D eigenvalue weighted by Crippen LogP contribution is -2.26. The van der Waals surface area contributed by atoms with Crippen molar-refractivity contribution < 1.29 is 22.1 Å². The number of nitrogens with one attached hydrogen (secondary N) is 1. The van der Waals surface area contributed by atoms with E-state index in [-0.39, 0.29) is 22.9 Å². The van der Waals surface area contributed by atoms with E-state index >= 15 is 0 Å². The van der Waals surface area contributed by atoms with Crippen LogP contribution < -0.4 is 15.2 Å². The number of anilines is 1. The van der Waals surface area contributed by atoms with Crippen LogP contribution in [0.25, 0.3) is 0 Å². The van der Waals surface area contributed by atoms with E-state index in [0.29, 0.717) is 19.6 Å². The standard InChI is InChI=1S/C12H18N2O5S/c1-18-7-3-6-14-12(15)10-5-4-9(8-11(10)13)19-20(2,16)17/h4-5,8H,3,6-7,13H2,1-2H3,(H,14,15). The van der Waals surface area contributed by atoms with Crippen LogP contribution in [-0.4, -0.2) is 40.8 Å². The summed E-state index contributed by atoms with van der Waals surface area (Å²) in [5, 5.41) is 2.68. The average molecular weight is 302 g/mol. The van der Waals surface area contributed by atoms with Gasteiger partial charge >= 0.3 is 10.1 Å². The molecule has 0 bridgehead atoms. The molecule has 0 radical (unpaired) electrons. The molecule has 7 nitrogen and oxygen atoms in total. The molecular formula is C12H18N2O5S. The molecule has 0 aliphatic rings. The molecule has 1 rings (SSSR count). The first-order valence-electron chi connectivity index (χ1n) is 5.89. The number of carbonyl (C=O) groups is 1. The van der Waals surface area contributed by atoms with E-state index in [1.54, 1.807) is 7.11 Å². The summed E-state index contributed by atoms with van der Waals surface area (Å²) < 4.78 is 31.5. The van der Waals surface area contributed by atoms with Gasteiger partial charge in [0, 0.05) is 32.0 Å². The molecule has 0 heterocycles. The first kappa shape index (κ1) is 16.3. The summed E-state index contributed by atoms with van der Waals surface area (Å²) in [6.07, 6.45) is 1.62. The third kappa shape index (κ3) is 5.45. The zero-order chi connectivity index (χ0) is 15.2. The van der Waals surface area contributed by atoms with E-state index < -0.39 is 10.1 Å². The fraction of sp³-hybridized carbons (Fsp3) is 0.417. The van der Waals surface area contributed by atoms with E-state index in [0.717, 1.165) is 6.26 Å². The summed E-state index contributed by atoms with van der Waals surface area (Å²) in [5.74, 6) is -0.259. The van der Waals surface area contributed by atoms with Crippen molar-refractivity contribution in [2.24, 2.45) is 0 Å². The second-order valence-electron chi connectivity index (χ2n) is 4.14. The molecule has 0 unspecified atom stereocenters. The minimum absolute atomic E-state index is 0.0703. The van der Waals surface area contributed by atoms with Gasteiger partial charge in [0.25, 0.3) is 5.91 Å². The molecule has 1 aromatic rings. The summed E-state index contributed by atoms with van der Waals surface area (Å²) in [7, 11) is -2.03. The van der Waals surface area contributed by atoms with Crippen LogP contribution in [0.4, 0.5) is 5.69 Å². The summed E-state index contributed by atoms with van der Waals surface area (Å²) in [6.45, 7) is 1.02. The van der Waals surface area contributed by atoms with Crippen molar-refractivity contribution in [1.82, 2.24) is 5.32 Å². The minimum Gasteiger partial charge on any atom is -0.398 e. The Morgan fingerprint density at radius 1 is 1.40 bits per heavy atom. The number of amides is 1. The highest BCUT2D eigenvalue weighted by Crippen LogP contribution is 2.21. The molecule has 1 aromatic carbocycles. The number of hydrogen-bond donors (Lipinski definition) is 2. The Hall–Kier alpha value is -1.80. The zero-order valence-corrected chi connectivity index (χ0v) is 12.2. The van der Waals surface area contributed by atoms with Crippen LogP contribution in [0, 0.1) is 0 Å². The molecule has 0 fully saturated rings. The molecule has 0 saturated carbocycles. The highest BCUT2D eigenvalue weighted by atomic mass is 32.2. The number of benzene rings is 1. The molecule has 20 heavy (non-hydrogen) atoms. The van der Waals surface area contributed by atoms with Gasteiger partial charge in [-0.2, -0.15) is 8.42 Å². The quantitative estimate of drug-likeness (QED) is 0.428. The SMILES string of the molecule is COCCCNC(=O)c1ccc(OS(C)(=O)=O)cc1N. The minimum atomic E-state index is -3.62. The van der Waals surface area contributed by atoms with Crippen molar-refractivity contribution in [2.75, 3.05) is 32.3 Å². The predicted octanol–water partition coefficient (Wildman–Crippen LogP) is 0.373. The van der Waals surface area contributed by atoms with Crippen molar-refractivity contribution >= 4 is 21.7 Å². The van der Waals surface area contributed by atoms with Crippen molar-refractivity contribution in [3.05, 3.63) is 23.8 Å². The molecule has 0 aromatic heterocycles. The molecule has 3 N–H and O–H groups in total. The fourth-order valence-electron chi connectivity index (χ4n) is 1.49. The van der Waals surface area contributed by atoms with Gasteiger partial charge < -0.3 is 20.0 Å². The Balaban J connectivity index is 2.70. The third-order valence-electron chi connectivity index (χ3n) is 2.33. The lowest BCUT2D eigenvalue weighted by molar-refractivity contribution is 0.0949. The van der Waals surface area contributed by atoms with Gasteiger partial charge in [0.15, 0.2) is 0 Å². The van der Waals surface area contributed by atoms with Crippen LogP contribution in [-0.2, 0) is 14.9 Å². The van der Waals surface area contributed by atoms with Crippen molar-refractivity contribution in [2.45, 2.75) is 6.42 Å². The molecule has 8 heteroatoms. The smallest absolute Gasteiger partial charge is 0.306 e. The number of nitrogen functional groups attached to an aromatic ring is 1. The maximum Gasteiger partial charge on any atom is 0.306 e. The van der Waals surface area contributed by atoms with E-state index in [1.807, 2.05) is 0 Å². The van der Waals surface area contributed by atoms with Crippen LogP contribution in [0.5, 0.6) is 5.75 Å². The zero-order valence-electron chi connectivity index (χ0n) is 11.4. The van der Waals surface area contributed by atoms with Crippen LogP contribution in [0.15, 0.2) is 18.2 Å². The summed E-state index contributed by atoms with van der Waals surface area (Å²) >= 11 is 0. The highest BCUT2D eigenvalue weighted by Gasteiger charge is 2.12. The topological polar surface area (TPSA) is 108 Å². The van der Waals surface area contributed by atoms with Crippen molar-refractivity contribution in [3.8, 4) is 5.75 Å². The highest BCUT2D eigenvalue weighted by molar-refractivity contribution is 7.86. The lowest BCUT2D eigenvalue weighted by Gasteiger charge is -2.09. The fourth-order valence-corrected chi connectivity index (χ4v) is 1.94. The molecule has 0 atom stereocenters.